The Bertz CT molecular complexity index is 578. The van der Waals surface area contributed by atoms with Crippen LogP contribution in [0, 0.1) is 0 Å². The van der Waals surface area contributed by atoms with Gasteiger partial charge in [-0.2, -0.15) is 0 Å². The number of rotatable bonds is 3. The van der Waals surface area contributed by atoms with Gasteiger partial charge in [0.25, 0.3) is 0 Å². The zero-order valence-electron chi connectivity index (χ0n) is 10.3. The molecule has 0 bridgehead atoms. The molecule has 0 radical (unpaired) electrons. The molecule has 2 heterocycles. The van der Waals surface area contributed by atoms with Gasteiger partial charge in [-0.25, -0.2) is 4.98 Å². The first-order valence-electron chi connectivity index (χ1n) is 6.12. The maximum atomic E-state index is 5.89. The molecule has 4 nitrogen and oxygen atoms in total. The Morgan fingerprint density at radius 1 is 1.42 bits per heavy atom. The largest absolute Gasteiger partial charge is 0.488 e. The van der Waals surface area contributed by atoms with E-state index in [4.69, 9.17) is 10.5 Å². The molecule has 1 aromatic heterocycles. The number of fused-ring (bicyclic) bond motifs is 1. The van der Waals surface area contributed by atoms with E-state index >= 15 is 0 Å². The first kappa shape index (κ1) is 12.3. The van der Waals surface area contributed by atoms with E-state index in [0.717, 1.165) is 16.6 Å². The van der Waals surface area contributed by atoms with Gasteiger partial charge in [0.05, 0.1) is 12.2 Å². The maximum absolute atomic E-state index is 5.89. The lowest BCUT2D eigenvalue weighted by atomic mass is 10.1. The van der Waals surface area contributed by atoms with Crippen LogP contribution in [-0.4, -0.2) is 17.6 Å². The Kier molecular flexibility index (Phi) is 3.29. The Labute approximate surface area is 120 Å². The molecule has 1 aliphatic rings. The van der Waals surface area contributed by atoms with Crippen LogP contribution in [-0.2, 0) is 6.42 Å². The minimum Gasteiger partial charge on any atom is -0.488 e. The smallest absolute Gasteiger partial charge is 0.149 e. The first-order chi connectivity index (χ1) is 9.22. The molecule has 2 aromatic rings. The predicted octanol–water partition coefficient (Wildman–Crippen LogP) is 2.84. The standard InChI is InChI=1S/C14H14BrN3O/c15-10-6-12(16)14(17-7-10)18-8-11-5-9-3-1-2-4-13(9)19-11/h1-4,6-7,11H,5,8,16H2,(H,17,18). The lowest BCUT2D eigenvalue weighted by molar-refractivity contribution is 0.246. The summed E-state index contributed by atoms with van der Waals surface area (Å²) >= 11 is 3.34. The van der Waals surface area contributed by atoms with Crippen LogP contribution in [0.15, 0.2) is 41.0 Å². The fourth-order valence-corrected chi connectivity index (χ4v) is 2.53. The van der Waals surface area contributed by atoms with Crippen LogP contribution < -0.4 is 15.8 Å². The summed E-state index contributed by atoms with van der Waals surface area (Å²) in [6, 6.07) is 9.96. The van der Waals surface area contributed by atoms with Crippen molar-refractivity contribution in [2.45, 2.75) is 12.5 Å². The summed E-state index contributed by atoms with van der Waals surface area (Å²) in [5.74, 6) is 1.67. The van der Waals surface area contributed by atoms with Gasteiger partial charge in [-0.1, -0.05) is 18.2 Å². The second kappa shape index (κ2) is 5.09. The number of nitrogens with two attached hydrogens (primary N) is 1. The summed E-state index contributed by atoms with van der Waals surface area (Å²) < 4.78 is 6.73. The van der Waals surface area contributed by atoms with Crippen molar-refractivity contribution in [2.75, 3.05) is 17.6 Å². The average molecular weight is 320 g/mol. The zero-order chi connectivity index (χ0) is 13.2. The van der Waals surface area contributed by atoms with E-state index < -0.39 is 0 Å². The molecule has 0 fully saturated rings. The van der Waals surface area contributed by atoms with E-state index in [0.29, 0.717) is 18.1 Å². The summed E-state index contributed by atoms with van der Waals surface area (Å²) in [5, 5.41) is 3.23. The minimum absolute atomic E-state index is 0.127. The van der Waals surface area contributed by atoms with Crippen molar-refractivity contribution >= 4 is 27.4 Å². The lowest BCUT2D eigenvalue weighted by Gasteiger charge is -2.13. The molecule has 0 saturated carbocycles. The Hall–Kier alpha value is -1.75. The molecule has 1 atom stereocenters. The molecule has 0 saturated heterocycles. The number of halogens is 1. The highest BCUT2D eigenvalue weighted by atomic mass is 79.9. The van der Waals surface area contributed by atoms with Crippen molar-refractivity contribution < 1.29 is 4.74 Å². The van der Waals surface area contributed by atoms with Gasteiger partial charge in [0, 0.05) is 17.1 Å². The van der Waals surface area contributed by atoms with Gasteiger partial charge < -0.3 is 15.8 Å². The van der Waals surface area contributed by atoms with E-state index in [1.807, 2.05) is 24.3 Å². The number of hydrogen-bond acceptors (Lipinski definition) is 4. The van der Waals surface area contributed by atoms with Gasteiger partial charge >= 0.3 is 0 Å². The number of anilines is 2. The highest BCUT2D eigenvalue weighted by Gasteiger charge is 2.22. The second-order valence-electron chi connectivity index (χ2n) is 4.52. The normalized spacial score (nSPS) is 16.8. The lowest BCUT2D eigenvalue weighted by Crippen LogP contribution is -2.24. The third-order valence-corrected chi connectivity index (χ3v) is 3.53. The number of nitrogen functional groups attached to an aromatic ring is 1. The monoisotopic (exact) mass is 319 g/mol. The molecule has 5 heteroatoms. The summed E-state index contributed by atoms with van der Waals surface area (Å²) in [4.78, 5) is 4.25. The molecular weight excluding hydrogens is 306 g/mol. The van der Waals surface area contributed by atoms with E-state index in [-0.39, 0.29) is 6.10 Å². The van der Waals surface area contributed by atoms with Crippen LogP contribution >= 0.6 is 15.9 Å². The van der Waals surface area contributed by atoms with E-state index in [1.54, 1.807) is 6.20 Å². The van der Waals surface area contributed by atoms with Crippen LogP contribution in [0.4, 0.5) is 11.5 Å². The minimum atomic E-state index is 0.127. The predicted molar refractivity (Wildman–Crippen MR) is 79.4 cm³/mol. The number of hydrogen-bond donors (Lipinski definition) is 2. The fraction of sp³-hybridized carbons (Fsp3) is 0.214. The van der Waals surface area contributed by atoms with Crippen LogP contribution in [0.2, 0.25) is 0 Å². The summed E-state index contributed by atoms with van der Waals surface area (Å²) in [7, 11) is 0. The average Bonchev–Trinajstić information content (AvgIpc) is 2.80. The second-order valence-corrected chi connectivity index (χ2v) is 5.44. The van der Waals surface area contributed by atoms with E-state index in [1.165, 1.54) is 5.56 Å². The topological polar surface area (TPSA) is 60.2 Å². The molecule has 3 N–H and O–H groups in total. The molecular formula is C14H14BrN3O. The first-order valence-corrected chi connectivity index (χ1v) is 6.91. The molecule has 19 heavy (non-hydrogen) atoms. The fourth-order valence-electron chi connectivity index (χ4n) is 2.18. The van der Waals surface area contributed by atoms with Gasteiger partial charge in [0.1, 0.15) is 17.7 Å². The van der Waals surface area contributed by atoms with E-state index in [2.05, 4.69) is 32.3 Å². The zero-order valence-corrected chi connectivity index (χ0v) is 11.9. The molecule has 0 amide bonds. The van der Waals surface area contributed by atoms with Crippen LogP contribution in [0.1, 0.15) is 5.56 Å². The summed E-state index contributed by atoms with van der Waals surface area (Å²) in [6.07, 6.45) is 2.77. The number of benzene rings is 1. The molecule has 1 aromatic carbocycles. The number of nitrogens with one attached hydrogen (secondary N) is 1. The molecule has 0 spiro atoms. The highest BCUT2D eigenvalue weighted by molar-refractivity contribution is 9.10. The van der Waals surface area contributed by atoms with Crippen molar-refractivity contribution in [1.29, 1.82) is 0 Å². The van der Waals surface area contributed by atoms with Crippen LogP contribution in [0.3, 0.4) is 0 Å². The van der Waals surface area contributed by atoms with E-state index in [9.17, 15) is 0 Å². The number of nitrogens with zero attached hydrogens (tertiary/aromatic N) is 1. The van der Waals surface area contributed by atoms with Crippen molar-refractivity contribution in [3.63, 3.8) is 0 Å². The Morgan fingerprint density at radius 2 is 2.26 bits per heavy atom. The molecule has 98 valence electrons. The molecule has 1 aliphatic heterocycles. The molecule has 1 unspecified atom stereocenters. The van der Waals surface area contributed by atoms with Crippen molar-refractivity contribution in [3.05, 3.63) is 46.6 Å². The van der Waals surface area contributed by atoms with Gasteiger partial charge in [0.2, 0.25) is 0 Å². The number of aromatic nitrogens is 1. The van der Waals surface area contributed by atoms with Crippen molar-refractivity contribution in [3.8, 4) is 5.75 Å². The summed E-state index contributed by atoms with van der Waals surface area (Å²) in [5.41, 5.74) is 7.78. The SMILES string of the molecule is Nc1cc(Br)cnc1NCC1Cc2ccccc2O1. The van der Waals surface area contributed by atoms with Gasteiger partial charge in [-0.15, -0.1) is 0 Å². The van der Waals surface area contributed by atoms with Crippen molar-refractivity contribution in [1.82, 2.24) is 4.98 Å². The third-order valence-electron chi connectivity index (χ3n) is 3.09. The van der Waals surface area contributed by atoms with Crippen molar-refractivity contribution in [2.24, 2.45) is 0 Å². The van der Waals surface area contributed by atoms with Crippen LogP contribution in [0.25, 0.3) is 0 Å². The van der Waals surface area contributed by atoms with Crippen LogP contribution in [0.5, 0.6) is 5.75 Å². The Morgan fingerprint density at radius 3 is 3.05 bits per heavy atom. The summed E-state index contributed by atoms with van der Waals surface area (Å²) in [6.45, 7) is 0.688. The number of pyridine rings is 1. The number of para-hydroxylation sites is 1. The molecule has 3 rings (SSSR count). The Balaban J connectivity index is 1.63. The van der Waals surface area contributed by atoms with Gasteiger partial charge in [0.15, 0.2) is 0 Å². The van der Waals surface area contributed by atoms with Gasteiger partial charge in [-0.3, -0.25) is 0 Å². The quantitative estimate of drug-likeness (QED) is 0.913. The maximum Gasteiger partial charge on any atom is 0.149 e. The molecule has 0 aliphatic carbocycles. The third kappa shape index (κ3) is 2.66. The highest BCUT2D eigenvalue weighted by Crippen LogP contribution is 2.28. The number of ether oxygens (including phenoxy) is 1. The van der Waals surface area contributed by atoms with Gasteiger partial charge in [-0.05, 0) is 33.6 Å².